The molecule has 4 heteroatoms. The fraction of sp³-hybridized carbons (Fsp3) is 0.513. The lowest BCUT2D eigenvalue weighted by Gasteiger charge is -2.14. The molecule has 0 aliphatic heterocycles. The lowest BCUT2D eigenvalue weighted by atomic mass is 10.0. The maximum atomic E-state index is 12.7. The molecule has 3 rings (SSSR count). The fourth-order valence-electron chi connectivity index (χ4n) is 5.21. The molecule has 0 aromatic heterocycles. The summed E-state index contributed by atoms with van der Waals surface area (Å²) in [6.45, 7) is 7.93. The van der Waals surface area contributed by atoms with Crippen LogP contribution in [0.15, 0.2) is 72.8 Å². The predicted molar refractivity (Wildman–Crippen MR) is 179 cm³/mol. The number of carbonyl (C=O) groups is 1. The molecule has 3 aromatic carbocycles. The first kappa shape index (κ1) is 34.4. The highest BCUT2D eigenvalue weighted by Crippen LogP contribution is 2.26. The molecule has 0 spiro atoms. The Balaban J connectivity index is 1.29. The minimum atomic E-state index is -0.364. The second-order valence-corrected chi connectivity index (χ2v) is 11.7. The molecule has 4 nitrogen and oxygen atoms in total. The van der Waals surface area contributed by atoms with Crippen molar-refractivity contribution in [3.05, 3.63) is 83.9 Å². The molecule has 0 fully saturated rings. The van der Waals surface area contributed by atoms with Crippen molar-refractivity contribution in [1.82, 2.24) is 0 Å². The van der Waals surface area contributed by atoms with E-state index < -0.39 is 0 Å². The number of esters is 1. The van der Waals surface area contributed by atoms with Crippen LogP contribution in [0.3, 0.4) is 0 Å². The first-order valence-electron chi connectivity index (χ1n) is 16.9. The summed E-state index contributed by atoms with van der Waals surface area (Å²) in [5.41, 5.74) is 3.74. The summed E-state index contributed by atoms with van der Waals surface area (Å²) in [5, 5.41) is 0. The van der Waals surface area contributed by atoms with Crippen LogP contribution in [0, 0.1) is 0 Å². The molecule has 234 valence electrons. The number of rotatable bonds is 22. The summed E-state index contributed by atoms with van der Waals surface area (Å²) in [7, 11) is 0. The van der Waals surface area contributed by atoms with Gasteiger partial charge in [0, 0.05) is 6.61 Å². The number of ether oxygens (including phenoxy) is 3. The largest absolute Gasteiger partial charge is 0.494 e. The monoisotopic (exact) mass is 586 g/mol. The molecule has 0 N–H and O–H groups in total. The van der Waals surface area contributed by atoms with Gasteiger partial charge in [-0.05, 0) is 72.9 Å². The topological polar surface area (TPSA) is 44.8 Å². The Morgan fingerprint density at radius 3 is 1.56 bits per heavy atom. The smallest absolute Gasteiger partial charge is 0.343 e. The van der Waals surface area contributed by atoms with Gasteiger partial charge in [-0.3, -0.25) is 0 Å². The standard InChI is InChI=1S/C39H54O4/c1-4-6-7-8-9-10-11-12-13-14-15-16-17-31-41-32(3)33-18-20-36(21-19-33)39(40)43-38-28-24-35(25-29-38)34-22-26-37(27-23-34)42-30-5-2/h18-29,32H,4-17,30-31H2,1-3H3. The Labute approximate surface area is 261 Å². The van der Waals surface area contributed by atoms with E-state index in [0.717, 1.165) is 41.9 Å². The van der Waals surface area contributed by atoms with Crippen LogP contribution < -0.4 is 9.47 Å². The van der Waals surface area contributed by atoms with Crippen LogP contribution >= 0.6 is 0 Å². The maximum absolute atomic E-state index is 12.7. The van der Waals surface area contributed by atoms with E-state index in [2.05, 4.69) is 20.8 Å². The Morgan fingerprint density at radius 1 is 0.558 bits per heavy atom. The van der Waals surface area contributed by atoms with Gasteiger partial charge in [-0.15, -0.1) is 0 Å². The summed E-state index contributed by atoms with van der Waals surface area (Å²) in [6.07, 6.45) is 18.5. The van der Waals surface area contributed by atoms with E-state index in [1.54, 1.807) is 0 Å². The van der Waals surface area contributed by atoms with Gasteiger partial charge in [0.2, 0.25) is 0 Å². The first-order chi connectivity index (χ1) is 21.1. The van der Waals surface area contributed by atoms with E-state index in [1.807, 2.05) is 72.8 Å². The van der Waals surface area contributed by atoms with Crippen molar-refractivity contribution < 1.29 is 19.0 Å². The molecule has 0 aliphatic rings. The number of benzene rings is 3. The summed E-state index contributed by atoms with van der Waals surface area (Å²) >= 11 is 0. The lowest BCUT2D eigenvalue weighted by Crippen LogP contribution is -2.09. The van der Waals surface area contributed by atoms with E-state index in [0.29, 0.717) is 17.9 Å². The summed E-state index contributed by atoms with van der Waals surface area (Å²) < 4.78 is 17.4. The zero-order valence-corrected chi connectivity index (χ0v) is 27.0. The molecule has 0 saturated carbocycles. The third-order valence-corrected chi connectivity index (χ3v) is 7.96. The highest BCUT2D eigenvalue weighted by atomic mass is 16.5. The summed E-state index contributed by atoms with van der Waals surface area (Å²) in [4.78, 5) is 12.7. The van der Waals surface area contributed by atoms with Crippen LogP contribution in [0.25, 0.3) is 11.1 Å². The number of carbonyl (C=O) groups excluding carboxylic acids is 1. The van der Waals surface area contributed by atoms with Gasteiger partial charge in [0.15, 0.2) is 0 Å². The van der Waals surface area contributed by atoms with E-state index in [9.17, 15) is 4.79 Å². The Hall–Kier alpha value is -3.11. The van der Waals surface area contributed by atoms with Crippen molar-refractivity contribution in [3.8, 4) is 22.6 Å². The molecule has 43 heavy (non-hydrogen) atoms. The molecule has 0 aliphatic carbocycles. The zero-order chi connectivity index (χ0) is 30.5. The second-order valence-electron chi connectivity index (χ2n) is 11.7. The number of unbranched alkanes of at least 4 members (excludes halogenated alkanes) is 12. The third kappa shape index (κ3) is 13.4. The predicted octanol–water partition coefficient (Wildman–Crippen LogP) is 11.5. The molecular weight excluding hydrogens is 532 g/mol. The molecule has 0 saturated heterocycles. The van der Waals surface area contributed by atoms with Crippen LogP contribution in [0.4, 0.5) is 0 Å². The van der Waals surface area contributed by atoms with Crippen molar-refractivity contribution in [1.29, 1.82) is 0 Å². The van der Waals surface area contributed by atoms with Crippen molar-refractivity contribution in [3.63, 3.8) is 0 Å². The van der Waals surface area contributed by atoms with Crippen LogP contribution in [0.2, 0.25) is 0 Å². The van der Waals surface area contributed by atoms with Crippen LogP contribution in [0.5, 0.6) is 11.5 Å². The molecule has 1 unspecified atom stereocenters. The number of hydrogen-bond acceptors (Lipinski definition) is 4. The van der Waals surface area contributed by atoms with Gasteiger partial charge in [-0.25, -0.2) is 4.79 Å². The summed E-state index contributed by atoms with van der Waals surface area (Å²) in [5.74, 6) is 1.03. The van der Waals surface area contributed by atoms with Gasteiger partial charge in [0.1, 0.15) is 11.5 Å². The molecule has 0 amide bonds. The molecular formula is C39H54O4. The van der Waals surface area contributed by atoms with Gasteiger partial charge in [-0.1, -0.05) is 127 Å². The second kappa shape index (κ2) is 20.7. The minimum absolute atomic E-state index is 0.00205. The van der Waals surface area contributed by atoms with Gasteiger partial charge in [0.25, 0.3) is 0 Å². The Kier molecular flexibility index (Phi) is 16.6. The quantitative estimate of drug-likeness (QED) is 0.0667. The average Bonchev–Trinajstić information content (AvgIpc) is 3.04. The Morgan fingerprint density at radius 2 is 1.05 bits per heavy atom. The first-order valence-corrected chi connectivity index (χ1v) is 16.9. The molecule has 0 radical (unpaired) electrons. The van der Waals surface area contributed by atoms with Crippen molar-refractivity contribution in [2.45, 2.75) is 117 Å². The molecule has 0 heterocycles. The van der Waals surface area contributed by atoms with Crippen LogP contribution in [-0.2, 0) is 4.74 Å². The van der Waals surface area contributed by atoms with Gasteiger partial charge in [0.05, 0.1) is 18.3 Å². The van der Waals surface area contributed by atoms with E-state index in [1.165, 1.54) is 77.0 Å². The van der Waals surface area contributed by atoms with Crippen LogP contribution in [-0.4, -0.2) is 19.2 Å². The van der Waals surface area contributed by atoms with E-state index in [4.69, 9.17) is 14.2 Å². The SMILES string of the molecule is CCCCCCCCCCCCCCCOC(C)c1ccc(C(=O)Oc2ccc(-c3ccc(OCCC)cc3)cc2)cc1. The summed E-state index contributed by atoms with van der Waals surface area (Å²) in [6, 6.07) is 23.2. The van der Waals surface area contributed by atoms with Crippen molar-refractivity contribution in [2.24, 2.45) is 0 Å². The highest BCUT2D eigenvalue weighted by Gasteiger charge is 2.11. The van der Waals surface area contributed by atoms with Crippen LogP contribution in [0.1, 0.15) is 133 Å². The maximum Gasteiger partial charge on any atom is 0.343 e. The Bertz CT molecular complexity index is 1140. The van der Waals surface area contributed by atoms with Gasteiger partial charge in [-0.2, -0.15) is 0 Å². The highest BCUT2D eigenvalue weighted by molar-refractivity contribution is 5.91. The molecule has 3 aromatic rings. The number of hydrogen-bond donors (Lipinski definition) is 0. The molecule has 0 bridgehead atoms. The average molecular weight is 587 g/mol. The van der Waals surface area contributed by atoms with Gasteiger partial charge < -0.3 is 14.2 Å². The minimum Gasteiger partial charge on any atom is -0.494 e. The van der Waals surface area contributed by atoms with Crippen molar-refractivity contribution in [2.75, 3.05) is 13.2 Å². The van der Waals surface area contributed by atoms with Gasteiger partial charge >= 0.3 is 5.97 Å². The zero-order valence-electron chi connectivity index (χ0n) is 27.0. The van der Waals surface area contributed by atoms with Crippen molar-refractivity contribution >= 4 is 5.97 Å². The fourth-order valence-corrected chi connectivity index (χ4v) is 5.21. The lowest BCUT2D eigenvalue weighted by molar-refractivity contribution is 0.0626. The normalized spacial score (nSPS) is 11.8. The van der Waals surface area contributed by atoms with E-state index in [-0.39, 0.29) is 12.1 Å². The third-order valence-electron chi connectivity index (χ3n) is 7.96. The molecule has 1 atom stereocenters. The van der Waals surface area contributed by atoms with E-state index >= 15 is 0 Å².